The fraction of sp³-hybridized carbons (Fsp3) is 0.120. The summed E-state index contributed by atoms with van der Waals surface area (Å²) >= 11 is 7.41. The van der Waals surface area contributed by atoms with Gasteiger partial charge in [0.05, 0.1) is 11.1 Å². The molecule has 0 saturated carbocycles. The number of H-pyrrole nitrogens is 1. The molecule has 0 spiro atoms. The Morgan fingerprint density at radius 2 is 1.47 bits per heavy atom. The molecule has 3 aromatic carbocycles. The van der Waals surface area contributed by atoms with Crippen LogP contribution in [0.5, 0.6) is 0 Å². The second-order valence-electron chi connectivity index (χ2n) is 7.77. The van der Waals surface area contributed by atoms with Crippen LogP contribution in [0, 0.1) is 5.82 Å². The van der Waals surface area contributed by atoms with Crippen LogP contribution >= 0.6 is 11.6 Å². The molecule has 0 bridgehead atoms. The minimum atomic E-state index is -4.46. The summed E-state index contributed by atoms with van der Waals surface area (Å²) in [7, 11) is 1.72. The second kappa shape index (κ2) is 7.14. The molecule has 2 nitrogen and oxygen atoms in total. The predicted octanol–water partition coefficient (Wildman–Crippen LogP) is 7.35. The van der Waals surface area contributed by atoms with Crippen LogP contribution in [-0.2, 0) is 18.1 Å². The van der Waals surface area contributed by atoms with Crippen LogP contribution in [0.4, 0.5) is 17.6 Å². The third-order valence-electron chi connectivity index (χ3n) is 5.89. The number of hydrogen-bond acceptors (Lipinski definition) is 0. The summed E-state index contributed by atoms with van der Waals surface area (Å²) in [5, 5.41) is 1.42. The van der Waals surface area contributed by atoms with E-state index in [0.717, 1.165) is 23.0 Å². The Hall–Kier alpha value is -3.25. The van der Waals surface area contributed by atoms with E-state index in [1.54, 1.807) is 36.1 Å². The summed E-state index contributed by atoms with van der Waals surface area (Å²) in [6.45, 7) is 0. The van der Waals surface area contributed by atoms with Crippen LogP contribution < -0.4 is 0 Å². The molecule has 32 heavy (non-hydrogen) atoms. The van der Waals surface area contributed by atoms with Gasteiger partial charge in [0.25, 0.3) is 0 Å². The molecular weight excluding hydrogens is 440 g/mol. The SMILES string of the molecule is Cn1cc(C(Cl)(c2ccc(C(F)(F)F)cc2)c2c[nH]c3ccccc23)c2cccc(F)c21. The molecule has 0 aliphatic rings. The highest BCUT2D eigenvalue weighted by Crippen LogP contribution is 2.49. The molecule has 0 amide bonds. The summed E-state index contributed by atoms with van der Waals surface area (Å²) in [4.78, 5) is 1.83. The lowest BCUT2D eigenvalue weighted by molar-refractivity contribution is -0.137. The number of halogens is 5. The van der Waals surface area contributed by atoms with Crippen molar-refractivity contribution in [1.29, 1.82) is 0 Å². The first-order valence-corrected chi connectivity index (χ1v) is 10.3. The average molecular weight is 457 g/mol. The van der Waals surface area contributed by atoms with E-state index in [1.807, 2.05) is 24.3 Å². The quantitative estimate of drug-likeness (QED) is 0.216. The molecule has 2 heterocycles. The summed E-state index contributed by atoms with van der Waals surface area (Å²) in [6, 6.07) is 17.1. The average Bonchev–Trinajstić information content (AvgIpc) is 3.35. The van der Waals surface area contributed by atoms with Gasteiger partial charge in [-0.3, -0.25) is 0 Å². The molecule has 1 atom stereocenters. The molecule has 0 fully saturated rings. The minimum Gasteiger partial charge on any atom is -0.361 e. The number of nitrogens with zero attached hydrogens (tertiary/aromatic N) is 1. The van der Waals surface area contributed by atoms with Crippen LogP contribution in [0.2, 0.25) is 0 Å². The van der Waals surface area contributed by atoms with Crippen LogP contribution in [0.3, 0.4) is 0 Å². The Morgan fingerprint density at radius 3 is 2.19 bits per heavy atom. The maximum Gasteiger partial charge on any atom is 0.416 e. The van der Waals surface area contributed by atoms with E-state index < -0.39 is 22.4 Å². The highest BCUT2D eigenvalue weighted by Gasteiger charge is 2.40. The molecule has 0 radical (unpaired) electrons. The fourth-order valence-electron chi connectivity index (χ4n) is 4.39. The van der Waals surface area contributed by atoms with Crippen LogP contribution in [0.15, 0.2) is 79.1 Å². The van der Waals surface area contributed by atoms with E-state index in [2.05, 4.69) is 4.98 Å². The van der Waals surface area contributed by atoms with Gasteiger partial charge in [-0.2, -0.15) is 13.2 Å². The van der Waals surface area contributed by atoms with Crippen LogP contribution in [-0.4, -0.2) is 9.55 Å². The van der Waals surface area contributed by atoms with Gasteiger partial charge in [0, 0.05) is 46.9 Å². The van der Waals surface area contributed by atoms with Gasteiger partial charge in [-0.05, 0) is 29.8 Å². The van der Waals surface area contributed by atoms with Crippen molar-refractivity contribution in [3.63, 3.8) is 0 Å². The first-order valence-electron chi connectivity index (χ1n) is 9.88. The number of aromatic amines is 1. The Labute approximate surface area is 186 Å². The molecular formula is C25H17ClF4N2. The molecule has 1 N–H and O–H groups in total. The van der Waals surface area contributed by atoms with E-state index in [-0.39, 0.29) is 0 Å². The lowest BCUT2D eigenvalue weighted by Crippen LogP contribution is -2.22. The minimum absolute atomic E-state index is 0.374. The van der Waals surface area contributed by atoms with E-state index in [0.29, 0.717) is 27.6 Å². The van der Waals surface area contributed by atoms with Crippen molar-refractivity contribution in [1.82, 2.24) is 9.55 Å². The number of hydrogen-bond donors (Lipinski definition) is 1. The van der Waals surface area contributed by atoms with Gasteiger partial charge in [-0.15, -0.1) is 11.6 Å². The number of aromatic nitrogens is 2. The third-order valence-corrected chi connectivity index (χ3v) is 6.52. The predicted molar refractivity (Wildman–Crippen MR) is 118 cm³/mol. The lowest BCUT2D eigenvalue weighted by atomic mass is 9.83. The monoisotopic (exact) mass is 456 g/mol. The molecule has 162 valence electrons. The number of alkyl halides is 4. The zero-order chi connectivity index (χ0) is 22.7. The second-order valence-corrected chi connectivity index (χ2v) is 8.34. The van der Waals surface area contributed by atoms with Crippen LogP contribution in [0.25, 0.3) is 21.8 Å². The highest BCUT2D eigenvalue weighted by atomic mass is 35.5. The Morgan fingerprint density at radius 1 is 0.812 bits per heavy atom. The van der Waals surface area contributed by atoms with Gasteiger partial charge >= 0.3 is 6.18 Å². The molecule has 5 aromatic rings. The number of rotatable bonds is 3. The Balaban J connectivity index is 1.84. The largest absolute Gasteiger partial charge is 0.416 e. The van der Waals surface area contributed by atoms with Crippen molar-refractivity contribution in [2.75, 3.05) is 0 Å². The van der Waals surface area contributed by atoms with Crippen LogP contribution in [0.1, 0.15) is 22.3 Å². The number of nitrogens with one attached hydrogen (secondary N) is 1. The Bertz CT molecular complexity index is 1450. The van der Waals surface area contributed by atoms with E-state index in [1.165, 1.54) is 18.2 Å². The zero-order valence-corrected chi connectivity index (χ0v) is 17.6. The standard InChI is InChI=1S/C25H17ClF4N2/c1-32-14-20(18-6-4-7-21(27)23(18)32)24(26,15-9-11-16(12-10-15)25(28,29)30)19-13-31-22-8-3-2-5-17(19)22/h2-14,31H,1H3. The van der Waals surface area contributed by atoms with Crippen molar-refractivity contribution in [2.45, 2.75) is 11.1 Å². The number of para-hydroxylation sites is 2. The van der Waals surface area contributed by atoms with Gasteiger partial charge < -0.3 is 9.55 Å². The zero-order valence-electron chi connectivity index (χ0n) is 16.8. The molecule has 0 aliphatic heterocycles. The summed E-state index contributed by atoms with van der Waals surface area (Å²) in [5.41, 5.74) is 2.16. The van der Waals surface area contributed by atoms with Crippen molar-refractivity contribution >= 4 is 33.4 Å². The van der Waals surface area contributed by atoms with Crippen molar-refractivity contribution in [3.8, 4) is 0 Å². The molecule has 2 aromatic heterocycles. The maximum absolute atomic E-state index is 14.6. The molecule has 0 saturated heterocycles. The summed E-state index contributed by atoms with van der Waals surface area (Å²) < 4.78 is 55.9. The molecule has 1 unspecified atom stereocenters. The van der Waals surface area contributed by atoms with Crippen molar-refractivity contribution in [3.05, 3.63) is 107 Å². The smallest absolute Gasteiger partial charge is 0.361 e. The highest BCUT2D eigenvalue weighted by molar-refractivity contribution is 6.30. The van der Waals surface area contributed by atoms with Gasteiger partial charge in [-0.25, -0.2) is 4.39 Å². The lowest BCUT2D eigenvalue weighted by Gasteiger charge is -2.28. The van der Waals surface area contributed by atoms with Gasteiger partial charge in [0.1, 0.15) is 10.7 Å². The molecule has 0 aliphatic carbocycles. The third kappa shape index (κ3) is 3.01. The maximum atomic E-state index is 14.6. The molecule has 7 heteroatoms. The van der Waals surface area contributed by atoms with Crippen molar-refractivity contribution in [2.24, 2.45) is 7.05 Å². The molecule has 5 rings (SSSR count). The Kier molecular flexibility index (Phi) is 4.60. The van der Waals surface area contributed by atoms with Crippen molar-refractivity contribution < 1.29 is 17.6 Å². The van der Waals surface area contributed by atoms with Gasteiger partial charge in [-0.1, -0.05) is 42.5 Å². The van der Waals surface area contributed by atoms with E-state index in [4.69, 9.17) is 11.6 Å². The summed E-state index contributed by atoms with van der Waals surface area (Å²) in [5.74, 6) is -0.401. The topological polar surface area (TPSA) is 20.7 Å². The van der Waals surface area contributed by atoms with Gasteiger partial charge in [0.2, 0.25) is 0 Å². The summed E-state index contributed by atoms with van der Waals surface area (Å²) in [6.07, 6.45) is -0.968. The van der Waals surface area contributed by atoms with Gasteiger partial charge in [0.15, 0.2) is 0 Å². The normalized spacial score (nSPS) is 14.2. The number of fused-ring (bicyclic) bond motifs is 2. The fourth-order valence-corrected chi connectivity index (χ4v) is 4.83. The van der Waals surface area contributed by atoms with E-state index in [9.17, 15) is 17.6 Å². The van der Waals surface area contributed by atoms with E-state index >= 15 is 0 Å². The number of benzene rings is 3. The first-order chi connectivity index (χ1) is 15.2. The number of aryl methyl sites for hydroxylation is 1. The first kappa shape index (κ1) is 20.6.